The highest BCUT2D eigenvalue weighted by atomic mass is 31.1. The predicted octanol–water partition coefficient (Wildman–Crippen LogP) is 8.32. The van der Waals surface area contributed by atoms with Crippen molar-refractivity contribution in [2.75, 3.05) is 22.9 Å². The Hall–Kier alpha value is -3.50. The van der Waals surface area contributed by atoms with Crippen molar-refractivity contribution < 1.29 is 13.6 Å². The Morgan fingerprint density at radius 3 is 1.43 bits per heavy atom. The molecular weight excluding hydrogens is 515 g/mol. The maximum atomic E-state index is 13.8. The van der Waals surface area contributed by atoms with Crippen LogP contribution in [0, 0.1) is 0 Å². The first-order chi connectivity index (χ1) is 19.6. The van der Waals surface area contributed by atoms with Crippen LogP contribution in [-0.2, 0) is 39.3 Å². The van der Waals surface area contributed by atoms with Gasteiger partial charge in [-0.15, -0.1) is 0 Å². The first kappa shape index (κ1) is 26.7. The monoisotopic (exact) mass is 551 g/mol. The van der Waals surface area contributed by atoms with Gasteiger partial charge in [-0.25, -0.2) is 0 Å². The number of fused-ring (bicyclic) bond motifs is 2. The maximum Gasteiger partial charge on any atom is 0.702 e. The summed E-state index contributed by atoms with van der Waals surface area (Å²) >= 11 is 0. The molecule has 6 heteroatoms. The summed E-state index contributed by atoms with van der Waals surface area (Å²) in [5.74, 6) is 0. The Kier molecular flexibility index (Phi) is 7.97. The Morgan fingerprint density at radius 1 is 0.625 bits per heavy atom. The summed E-state index contributed by atoms with van der Waals surface area (Å²) in [5, 5.41) is 0. The van der Waals surface area contributed by atoms with E-state index >= 15 is 0 Å². The number of rotatable bonds is 8. The van der Waals surface area contributed by atoms with E-state index in [0.29, 0.717) is 0 Å². The van der Waals surface area contributed by atoms with Crippen LogP contribution < -0.4 is 9.80 Å². The van der Waals surface area contributed by atoms with Crippen LogP contribution in [0.2, 0.25) is 0 Å². The zero-order valence-corrected chi connectivity index (χ0v) is 24.1. The van der Waals surface area contributed by atoms with Gasteiger partial charge in [0.2, 0.25) is 12.5 Å². The second-order valence-electron chi connectivity index (χ2n) is 10.5. The Labute approximate surface area is 238 Å². The summed E-state index contributed by atoms with van der Waals surface area (Å²) in [5.41, 5.74) is 9.21. The Balaban J connectivity index is 1.30. The van der Waals surface area contributed by atoms with Crippen LogP contribution in [0.5, 0.6) is 0 Å². The molecular formula is C34H36N2O3P+. The summed E-state index contributed by atoms with van der Waals surface area (Å²) < 4.78 is 26.5. The van der Waals surface area contributed by atoms with E-state index in [1.165, 1.54) is 22.3 Å². The number of nitrogens with zero attached hydrogens (tertiary/aromatic N) is 2. The second kappa shape index (κ2) is 11.9. The molecule has 2 aliphatic rings. The standard InChI is InChI=1S/C34H36N2O3P/c1-3-25-13-17-29(18-14-25)35-23-21-27-9-5-7-11-31(27)33(35)38-40(37)39-34-32-12-8-6-10-28(32)22-24-36(34)30-19-15-26(4-2)16-20-30/h5-20,33-34H,3-4,21-24H2,1-2H3/q+1/t33-,34-/m0/s1. The molecule has 2 heterocycles. The van der Waals surface area contributed by atoms with Gasteiger partial charge in [0, 0.05) is 40.2 Å². The first-order valence-electron chi connectivity index (χ1n) is 14.3. The lowest BCUT2D eigenvalue weighted by Crippen LogP contribution is -2.37. The van der Waals surface area contributed by atoms with Gasteiger partial charge in [-0.05, 0) is 72.2 Å². The van der Waals surface area contributed by atoms with Crippen LogP contribution in [0.3, 0.4) is 0 Å². The minimum atomic E-state index is -2.46. The number of aryl methyl sites for hydroxylation is 2. The van der Waals surface area contributed by atoms with Crippen molar-refractivity contribution in [2.24, 2.45) is 0 Å². The van der Waals surface area contributed by atoms with Crippen molar-refractivity contribution in [1.82, 2.24) is 0 Å². The molecule has 0 aromatic heterocycles. The van der Waals surface area contributed by atoms with Gasteiger partial charge in [-0.3, -0.25) is 0 Å². The molecule has 40 heavy (non-hydrogen) atoms. The molecule has 0 amide bonds. The molecule has 4 aromatic rings. The average molecular weight is 552 g/mol. The summed E-state index contributed by atoms with van der Waals surface area (Å²) in [6.45, 7) is 5.87. The summed E-state index contributed by atoms with van der Waals surface area (Å²) in [4.78, 5) is 4.41. The van der Waals surface area contributed by atoms with Crippen LogP contribution in [0.1, 0.15) is 59.7 Å². The second-order valence-corrected chi connectivity index (χ2v) is 11.3. The van der Waals surface area contributed by atoms with E-state index in [1.54, 1.807) is 0 Å². The minimum Gasteiger partial charge on any atom is -0.338 e. The highest BCUT2D eigenvalue weighted by molar-refractivity contribution is 7.33. The molecule has 0 bridgehead atoms. The smallest absolute Gasteiger partial charge is 0.338 e. The minimum absolute atomic E-state index is 0.503. The molecule has 4 aromatic carbocycles. The quantitative estimate of drug-likeness (QED) is 0.206. The molecule has 6 rings (SSSR count). The number of anilines is 2. The van der Waals surface area contributed by atoms with Gasteiger partial charge in [0.1, 0.15) is 0 Å². The summed E-state index contributed by atoms with van der Waals surface area (Å²) in [6.07, 6.45) is 2.78. The largest absolute Gasteiger partial charge is 0.702 e. The van der Waals surface area contributed by atoms with E-state index in [0.717, 1.165) is 61.3 Å². The molecule has 0 saturated heterocycles. The number of hydrogen-bond donors (Lipinski definition) is 0. The molecule has 2 aliphatic heterocycles. The van der Waals surface area contributed by atoms with Crippen LogP contribution in [-0.4, -0.2) is 13.1 Å². The molecule has 0 aliphatic carbocycles. The van der Waals surface area contributed by atoms with Gasteiger partial charge >= 0.3 is 8.25 Å². The fraction of sp³-hybridized carbons (Fsp3) is 0.294. The van der Waals surface area contributed by atoms with Crippen molar-refractivity contribution in [2.45, 2.75) is 52.0 Å². The third kappa shape index (κ3) is 5.42. The predicted molar refractivity (Wildman–Crippen MR) is 162 cm³/mol. The van der Waals surface area contributed by atoms with Gasteiger partial charge in [0.15, 0.2) is 0 Å². The molecule has 204 valence electrons. The molecule has 0 unspecified atom stereocenters. The Morgan fingerprint density at radius 2 is 1.02 bits per heavy atom. The molecule has 0 fully saturated rings. The van der Waals surface area contributed by atoms with Crippen LogP contribution in [0.4, 0.5) is 11.4 Å². The number of benzene rings is 4. The maximum absolute atomic E-state index is 13.8. The molecule has 0 spiro atoms. The zero-order chi connectivity index (χ0) is 27.5. The normalized spacial score (nSPS) is 18.2. The van der Waals surface area contributed by atoms with Crippen molar-refractivity contribution in [1.29, 1.82) is 0 Å². The fourth-order valence-corrected chi connectivity index (χ4v) is 6.68. The third-order valence-corrected chi connectivity index (χ3v) is 8.92. The van der Waals surface area contributed by atoms with E-state index in [-0.39, 0.29) is 0 Å². The molecule has 0 N–H and O–H groups in total. The van der Waals surface area contributed by atoms with Gasteiger partial charge in [0.05, 0.1) is 0 Å². The third-order valence-electron chi connectivity index (χ3n) is 8.18. The van der Waals surface area contributed by atoms with Crippen LogP contribution in [0.15, 0.2) is 97.1 Å². The zero-order valence-electron chi connectivity index (χ0n) is 23.2. The molecule has 0 saturated carbocycles. The van der Waals surface area contributed by atoms with Crippen molar-refractivity contribution in [3.05, 3.63) is 130 Å². The van der Waals surface area contributed by atoms with Crippen LogP contribution >= 0.6 is 8.25 Å². The SMILES string of the molecule is CCc1ccc(N2CCc3ccccc3[C@@H]2O[P+](=O)O[C@H]2c3ccccc3CCN2c2ccc(CC)cc2)cc1. The van der Waals surface area contributed by atoms with Crippen molar-refractivity contribution in [3.8, 4) is 0 Å². The topological polar surface area (TPSA) is 42.0 Å². The lowest BCUT2D eigenvalue weighted by molar-refractivity contribution is 0.119. The molecule has 5 nitrogen and oxygen atoms in total. The van der Waals surface area contributed by atoms with Gasteiger partial charge in [-0.2, -0.15) is 0 Å². The van der Waals surface area contributed by atoms with Crippen molar-refractivity contribution >= 4 is 19.6 Å². The summed E-state index contributed by atoms with van der Waals surface area (Å²) in [7, 11) is -2.46. The van der Waals surface area contributed by atoms with Crippen LogP contribution in [0.25, 0.3) is 0 Å². The molecule has 2 atom stereocenters. The average Bonchev–Trinajstić information content (AvgIpc) is 3.01. The fourth-order valence-electron chi connectivity index (χ4n) is 5.85. The van der Waals surface area contributed by atoms with E-state index in [2.05, 4.69) is 109 Å². The van der Waals surface area contributed by atoms with Gasteiger partial charge in [0.25, 0.3) is 0 Å². The lowest BCUT2D eigenvalue weighted by atomic mass is 9.97. The van der Waals surface area contributed by atoms with E-state index < -0.39 is 20.7 Å². The van der Waals surface area contributed by atoms with E-state index in [9.17, 15) is 4.57 Å². The molecule has 0 radical (unpaired) electrons. The van der Waals surface area contributed by atoms with Gasteiger partial charge in [-0.1, -0.05) is 95.7 Å². The summed E-state index contributed by atoms with van der Waals surface area (Å²) in [6, 6.07) is 33.7. The van der Waals surface area contributed by atoms with Crippen molar-refractivity contribution in [3.63, 3.8) is 0 Å². The lowest BCUT2D eigenvalue weighted by Gasteiger charge is -2.36. The highest BCUT2D eigenvalue weighted by Crippen LogP contribution is 2.46. The van der Waals surface area contributed by atoms with Gasteiger partial charge < -0.3 is 9.80 Å². The number of hydrogen-bond acceptors (Lipinski definition) is 5. The first-order valence-corrected chi connectivity index (χ1v) is 15.4. The van der Waals surface area contributed by atoms with E-state index in [1.807, 2.05) is 12.1 Å². The Bertz CT molecular complexity index is 1360. The highest BCUT2D eigenvalue weighted by Gasteiger charge is 2.42. The van der Waals surface area contributed by atoms with E-state index in [4.69, 9.17) is 9.05 Å².